The Hall–Kier alpha value is -3.63. The van der Waals surface area contributed by atoms with Gasteiger partial charge < -0.3 is 30.4 Å². The van der Waals surface area contributed by atoms with Gasteiger partial charge in [0.2, 0.25) is 5.91 Å². The summed E-state index contributed by atoms with van der Waals surface area (Å²) in [5.41, 5.74) is 8.97. The summed E-state index contributed by atoms with van der Waals surface area (Å²) < 4.78 is 25.5. The number of nitrogens with two attached hydrogens (primary N) is 1. The second-order valence-corrected chi connectivity index (χ2v) is 8.77. The highest BCUT2D eigenvalue weighted by atomic mass is 19.1. The Morgan fingerprint density at radius 1 is 1.23 bits per heavy atom. The molecule has 2 saturated heterocycles. The van der Waals surface area contributed by atoms with Crippen LogP contribution in [0.1, 0.15) is 5.56 Å². The number of para-hydroxylation sites is 1. The van der Waals surface area contributed by atoms with E-state index in [0.717, 1.165) is 16.5 Å². The molecule has 1 unspecified atom stereocenters. The number of amides is 2. The maximum Gasteiger partial charge on any atom is 0.414 e. The third kappa shape index (κ3) is 4.94. The minimum atomic E-state index is -0.746. The molecule has 0 radical (unpaired) electrons. The number of aromatic nitrogens is 1. The van der Waals surface area contributed by atoms with Gasteiger partial charge >= 0.3 is 6.09 Å². The van der Waals surface area contributed by atoms with Crippen molar-refractivity contribution in [2.24, 2.45) is 5.73 Å². The summed E-state index contributed by atoms with van der Waals surface area (Å²) >= 11 is 0. The van der Waals surface area contributed by atoms with Gasteiger partial charge in [0.1, 0.15) is 11.9 Å². The number of halogens is 1. The Morgan fingerprint density at radius 2 is 2.03 bits per heavy atom. The number of hydrogen-bond acceptors (Lipinski definition) is 6. The number of nitrogens with one attached hydrogen (secondary N) is 2. The summed E-state index contributed by atoms with van der Waals surface area (Å²) in [7, 11) is 0. The lowest BCUT2D eigenvalue weighted by Crippen LogP contribution is -2.45. The molecule has 5 rings (SSSR count). The molecule has 2 aliphatic heterocycles. The van der Waals surface area contributed by atoms with Crippen molar-refractivity contribution >= 4 is 34.3 Å². The van der Waals surface area contributed by atoms with E-state index in [1.807, 2.05) is 35.4 Å². The van der Waals surface area contributed by atoms with Crippen molar-refractivity contribution in [3.8, 4) is 0 Å². The van der Waals surface area contributed by atoms with Crippen molar-refractivity contribution in [2.45, 2.75) is 18.6 Å². The topological polar surface area (TPSA) is 113 Å². The average molecular weight is 482 g/mol. The second-order valence-electron chi connectivity index (χ2n) is 8.77. The van der Waals surface area contributed by atoms with Crippen molar-refractivity contribution in [3.05, 3.63) is 60.0 Å². The highest BCUT2D eigenvalue weighted by molar-refractivity contribution is 5.90. The number of benzene rings is 2. The molecule has 0 saturated carbocycles. The summed E-state index contributed by atoms with van der Waals surface area (Å²) in [5, 5.41) is 3.80. The third-order valence-electron chi connectivity index (χ3n) is 6.42. The average Bonchev–Trinajstić information content (AvgIpc) is 3.46. The highest BCUT2D eigenvalue weighted by Gasteiger charge is 2.33. The molecule has 2 atom stereocenters. The normalized spacial score (nSPS) is 19.1. The van der Waals surface area contributed by atoms with E-state index in [1.54, 1.807) is 12.1 Å². The molecule has 184 valence electrons. The second kappa shape index (κ2) is 9.93. The zero-order valence-corrected chi connectivity index (χ0v) is 19.2. The SMILES string of the molecule is NC(Cc1c[nH]c2ccccc12)C(=O)NC[C@H]1CN(c2ccc(N3CCOCC3)c(F)c2)C(=O)O1. The van der Waals surface area contributed by atoms with E-state index in [9.17, 15) is 14.0 Å². The Kier molecular flexibility index (Phi) is 6.56. The quantitative estimate of drug-likeness (QED) is 0.477. The van der Waals surface area contributed by atoms with Crippen LogP contribution in [0.15, 0.2) is 48.7 Å². The summed E-state index contributed by atoms with van der Waals surface area (Å²) in [6.45, 7) is 2.67. The first-order chi connectivity index (χ1) is 17.0. The monoisotopic (exact) mass is 481 g/mol. The Morgan fingerprint density at radius 3 is 2.83 bits per heavy atom. The predicted octanol–water partition coefficient (Wildman–Crippen LogP) is 2.15. The van der Waals surface area contributed by atoms with Crippen LogP contribution in [0.25, 0.3) is 10.9 Å². The van der Waals surface area contributed by atoms with E-state index in [-0.39, 0.29) is 19.0 Å². The number of anilines is 2. The predicted molar refractivity (Wildman–Crippen MR) is 130 cm³/mol. The van der Waals surface area contributed by atoms with Crippen LogP contribution in [-0.4, -0.2) is 68.5 Å². The largest absolute Gasteiger partial charge is 0.442 e. The van der Waals surface area contributed by atoms with E-state index in [0.29, 0.717) is 44.1 Å². The molecule has 3 aromatic rings. The van der Waals surface area contributed by atoms with Crippen LogP contribution in [0.4, 0.5) is 20.6 Å². The molecular weight excluding hydrogens is 453 g/mol. The number of morpholine rings is 1. The number of ether oxygens (including phenoxy) is 2. The van der Waals surface area contributed by atoms with Crippen LogP contribution in [0, 0.1) is 5.82 Å². The first-order valence-electron chi connectivity index (χ1n) is 11.7. The maximum atomic E-state index is 14.8. The number of H-pyrrole nitrogens is 1. The summed E-state index contributed by atoms with van der Waals surface area (Å²) in [6.07, 6.45) is 1.10. The minimum absolute atomic E-state index is 0.122. The van der Waals surface area contributed by atoms with Gasteiger partial charge in [0, 0.05) is 30.2 Å². The number of fused-ring (bicyclic) bond motifs is 1. The molecule has 3 heterocycles. The zero-order chi connectivity index (χ0) is 24.4. The van der Waals surface area contributed by atoms with E-state index < -0.39 is 24.1 Å². The smallest absolute Gasteiger partial charge is 0.414 e. The molecule has 1 aromatic heterocycles. The molecule has 2 aliphatic rings. The van der Waals surface area contributed by atoms with Crippen molar-refractivity contribution in [1.82, 2.24) is 10.3 Å². The Balaban J connectivity index is 1.15. The number of carbonyl (C=O) groups excluding carboxylic acids is 2. The molecule has 10 heteroatoms. The standard InChI is InChI=1S/C25H28FN5O4/c26-20-12-17(5-6-23(20)30-7-9-34-10-8-30)31-15-18(35-25(31)33)14-29-24(32)21(27)11-16-13-28-22-4-2-1-3-19(16)22/h1-6,12-13,18,21,28H,7-11,14-15,27H2,(H,29,32)/t18-,21?/m0/s1. The van der Waals surface area contributed by atoms with E-state index >= 15 is 0 Å². The van der Waals surface area contributed by atoms with Crippen molar-refractivity contribution in [2.75, 3.05) is 49.2 Å². The van der Waals surface area contributed by atoms with Gasteiger partial charge in [0.25, 0.3) is 0 Å². The molecule has 0 spiro atoms. The number of rotatable bonds is 7. The number of cyclic esters (lactones) is 1. The fourth-order valence-electron chi connectivity index (χ4n) is 4.54. The van der Waals surface area contributed by atoms with Gasteiger partial charge in [-0.15, -0.1) is 0 Å². The van der Waals surface area contributed by atoms with Crippen LogP contribution in [0.2, 0.25) is 0 Å². The van der Waals surface area contributed by atoms with Crippen LogP contribution in [-0.2, 0) is 20.7 Å². The number of aromatic amines is 1. The first kappa shape index (κ1) is 23.1. The zero-order valence-electron chi connectivity index (χ0n) is 19.2. The first-order valence-corrected chi connectivity index (χ1v) is 11.7. The summed E-state index contributed by atoms with van der Waals surface area (Å²) in [4.78, 5) is 31.4. The third-order valence-corrected chi connectivity index (χ3v) is 6.42. The van der Waals surface area contributed by atoms with Crippen LogP contribution >= 0.6 is 0 Å². The Bertz CT molecular complexity index is 1230. The van der Waals surface area contributed by atoms with Gasteiger partial charge in [-0.1, -0.05) is 18.2 Å². The number of hydrogen-bond donors (Lipinski definition) is 3. The molecule has 2 fully saturated rings. The lowest BCUT2D eigenvalue weighted by molar-refractivity contribution is -0.122. The van der Waals surface area contributed by atoms with Gasteiger partial charge in [0.15, 0.2) is 0 Å². The minimum Gasteiger partial charge on any atom is -0.442 e. The molecule has 9 nitrogen and oxygen atoms in total. The maximum absolute atomic E-state index is 14.8. The lowest BCUT2D eigenvalue weighted by atomic mass is 10.1. The fourth-order valence-corrected chi connectivity index (χ4v) is 4.54. The molecule has 0 aliphatic carbocycles. The van der Waals surface area contributed by atoms with Crippen molar-refractivity contribution in [1.29, 1.82) is 0 Å². The highest BCUT2D eigenvalue weighted by Crippen LogP contribution is 2.28. The number of nitrogens with zero attached hydrogens (tertiary/aromatic N) is 2. The molecular formula is C25H28FN5O4. The molecule has 4 N–H and O–H groups in total. The van der Waals surface area contributed by atoms with Gasteiger partial charge in [-0.25, -0.2) is 9.18 Å². The molecule has 2 amide bonds. The molecule has 0 bridgehead atoms. The van der Waals surface area contributed by atoms with E-state index in [4.69, 9.17) is 15.2 Å². The van der Waals surface area contributed by atoms with Gasteiger partial charge in [0.05, 0.1) is 43.7 Å². The Labute approximate surface area is 202 Å². The van der Waals surface area contributed by atoms with Gasteiger partial charge in [-0.2, -0.15) is 0 Å². The van der Waals surface area contributed by atoms with E-state index in [1.165, 1.54) is 11.0 Å². The van der Waals surface area contributed by atoms with Crippen LogP contribution in [0.3, 0.4) is 0 Å². The van der Waals surface area contributed by atoms with Crippen LogP contribution < -0.4 is 20.9 Å². The molecule has 35 heavy (non-hydrogen) atoms. The van der Waals surface area contributed by atoms with Gasteiger partial charge in [-0.05, 0) is 36.2 Å². The van der Waals surface area contributed by atoms with Crippen molar-refractivity contribution in [3.63, 3.8) is 0 Å². The summed E-state index contributed by atoms with van der Waals surface area (Å²) in [6, 6.07) is 11.8. The fraction of sp³-hybridized carbons (Fsp3) is 0.360. The van der Waals surface area contributed by atoms with E-state index in [2.05, 4.69) is 10.3 Å². The molecule has 2 aromatic carbocycles. The summed E-state index contributed by atoms with van der Waals surface area (Å²) in [5.74, 6) is -0.733. The lowest BCUT2D eigenvalue weighted by Gasteiger charge is -2.29. The van der Waals surface area contributed by atoms with Crippen molar-refractivity contribution < 1.29 is 23.5 Å². The number of carbonyl (C=O) groups is 2. The van der Waals surface area contributed by atoms with Gasteiger partial charge in [-0.3, -0.25) is 9.69 Å². The van der Waals surface area contributed by atoms with Crippen LogP contribution in [0.5, 0.6) is 0 Å².